The lowest BCUT2D eigenvalue weighted by atomic mass is 10.3. The van der Waals surface area contributed by atoms with Crippen LogP contribution in [0.25, 0.3) is 11.5 Å². The van der Waals surface area contributed by atoms with Gasteiger partial charge in [0.15, 0.2) is 0 Å². The third-order valence-electron chi connectivity index (χ3n) is 1.79. The van der Waals surface area contributed by atoms with Gasteiger partial charge in [-0.15, -0.1) is 0 Å². The number of nitrogens with zero attached hydrogens (tertiary/aromatic N) is 3. The standard InChI is InChI=1S/C9H9BrN4O/c1-5(11)9-13-8(14-15-9)7-3-2-6(10)4-12-7/h2-5H,11H2,1H3. The van der Waals surface area contributed by atoms with E-state index < -0.39 is 0 Å². The maximum absolute atomic E-state index is 5.61. The van der Waals surface area contributed by atoms with Crippen LogP contribution in [0.1, 0.15) is 18.9 Å². The van der Waals surface area contributed by atoms with E-state index in [1.54, 1.807) is 19.2 Å². The zero-order valence-electron chi connectivity index (χ0n) is 8.01. The van der Waals surface area contributed by atoms with Gasteiger partial charge in [0.05, 0.1) is 6.04 Å². The molecule has 2 aromatic rings. The number of pyridine rings is 1. The number of hydrogen-bond donors (Lipinski definition) is 1. The van der Waals surface area contributed by atoms with E-state index in [2.05, 4.69) is 31.1 Å². The van der Waals surface area contributed by atoms with E-state index in [1.807, 2.05) is 6.07 Å². The molecule has 78 valence electrons. The Hall–Kier alpha value is -1.27. The normalized spacial score (nSPS) is 12.7. The van der Waals surface area contributed by atoms with Crippen molar-refractivity contribution in [3.8, 4) is 11.5 Å². The predicted octanol–water partition coefficient (Wildman–Crippen LogP) is 1.91. The number of rotatable bonds is 2. The van der Waals surface area contributed by atoms with Crippen molar-refractivity contribution in [2.75, 3.05) is 0 Å². The second-order valence-corrected chi connectivity index (χ2v) is 4.02. The summed E-state index contributed by atoms with van der Waals surface area (Å²) in [7, 11) is 0. The molecule has 0 saturated heterocycles. The van der Waals surface area contributed by atoms with Crippen LogP contribution in [0.4, 0.5) is 0 Å². The summed E-state index contributed by atoms with van der Waals surface area (Å²) in [5, 5.41) is 3.79. The molecule has 0 aromatic carbocycles. The summed E-state index contributed by atoms with van der Waals surface area (Å²) in [5.74, 6) is 0.865. The topological polar surface area (TPSA) is 77.8 Å². The lowest BCUT2D eigenvalue weighted by Gasteiger charge is -1.94. The highest BCUT2D eigenvalue weighted by Gasteiger charge is 2.12. The minimum atomic E-state index is -0.262. The van der Waals surface area contributed by atoms with Crippen LogP contribution in [-0.4, -0.2) is 15.1 Å². The summed E-state index contributed by atoms with van der Waals surface area (Å²) >= 11 is 3.30. The number of aromatic nitrogens is 3. The van der Waals surface area contributed by atoms with Crippen molar-refractivity contribution in [1.29, 1.82) is 0 Å². The Bertz CT molecular complexity index is 451. The average molecular weight is 269 g/mol. The second kappa shape index (κ2) is 4.08. The molecule has 0 spiro atoms. The molecule has 0 aliphatic carbocycles. The van der Waals surface area contributed by atoms with Gasteiger partial charge in [-0.3, -0.25) is 4.98 Å². The van der Waals surface area contributed by atoms with Crippen molar-refractivity contribution >= 4 is 15.9 Å². The van der Waals surface area contributed by atoms with Crippen molar-refractivity contribution in [3.05, 3.63) is 28.7 Å². The Morgan fingerprint density at radius 3 is 2.80 bits per heavy atom. The molecule has 1 atom stereocenters. The molecule has 2 heterocycles. The highest BCUT2D eigenvalue weighted by atomic mass is 79.9. The molecule has 5 nitrogen and oxygen atoms in total. The Morgan fingerprint density at radius 2 is 2.27 bits per heavy atom. The van der Waals surface area contributed by atoms with Gasteiger partial charge in [-0.25, -0.2) is 0 Å². The molecular formula is C9H9BrN4O. The fourth-order valence-corrected chi connectivity index (χ4v) is 1.27. The van der Waals surface area contributed by atoms with Crippen LogP contribution >= 0.6 is 15.9 Å². The largest absolute Gasteiger partial charge is 0.337 e. The summed E-state index contributed by atoms with van der Waals surface area (Å²) < 4.78 is 5.88. The number of halogens is 1. The summed E-state index contributed by atoms with van der Waals surface area (Å²) in [6.07, 6.45) is 1.68. The Kier molecular flexibility index (Phi) is 2.79. The van der Waals surface area contributed by atoms with Crippen molar-refractivity contribution in [3.63, 3.8) is 0 Å². The Labute approximate surface area is 94.8 Å². The lowest BCUT2D eigenvalue weighted by Crippen LogP contribution is -2.04. The molecule has 0 fully saturated rings. The van der Waals surface area contributed by atoms with Crippen LogP contribution in [-0.2, 0) is 0 Å². The van der Waals surface area contributed by atoms with Crippen LogP contribution in [0.5, 0.6) is 0 Å². The molecule has 1 unspecified atom stereocenters. The van der Waals surface area contributed by atoms with Gasteiger partial charge < -0.3 is 10.3 Å². The molecule has 2 rings (SSSR count). The van der Waals surface area contributed by atoms with Gasteiger partial charge in [-0.1, -0.05) is 5.16 Å². The number of hydrogen-bond acceptors (Lipinski definition) is 5. The summed E-state index contributed by atoms with van der Waals surface area (Å²) in [4.78, 5) is 8.28. The number of nitrogens with two attached hydrogens (primary N) is 1. The van der Waals surface area contributed by atoms with E-state index >= 15 is 0 Å². The van der Waals surface area contributed by atoms with E-state index in [1.165, 1.54) is 0 Å². The highest BCUT2D eigenvalue weighted by Crippen LogP contribution is 2.17. The summed E-state index contributed by atoms with van der Waals surface area (Å²) in [6, 6.07) is 3.41. The molecule has 0 radical (unpaired) electrons. The van der Waals surface area contributed by atoms with E-state index in [4.69, 9.17) is 10.3 Å². The monoisotopic (exact) mass is 268 g/mol. The molecule has 0 amide bonds. The van der Waals surface area contributed by atoms with Crippen LogP contribution in [0.15, 0.2) is 27.3 Å². The van der Waals surface area contributed by atoms with Gasteiger partial charge >= 0.3 is 0 Å². The molecule has 15 heavy (non-hydrogen) atoms. The fourth-order valence-electron chi connectivity index (χ4n) is 1.03. The minimum Gasteiger partial charge on any atom is -0.337 e. The van der Waals surface area contributed by atoms with Gasteiger partial charge in [-0.2, -0.15) is 4.98 Å². The molecule has 0 aliphatic heterocycles. The van der Waals surface area contributed by atoms with Crippen molar-refractivity contribution in [2.24, 2.45) is 5.73 Å². The Balaban J connectivity index is 2.33. The molecular weight excluding hydrogens is 260 g/mol. The highest BCUT2D eigenvalue weighted by molar-refractivity contribution is 9.10. The first-order chi connectivity index (χ1) is 7.16. The first-order valence-electron chi connectivity index (χ1n) is 4.38. The first kappa shape index (κ1) is 10.3. The zero-order chi connectivity index (χ0) is 10.8. The minimum absolute atomic E-state index is 0.262. The van der Waals surface area contributed by atoms with E-state index in [0.717, 1.165) is 4.47 Å². The maximum atomic E-state index is 5.61. The van der Waals surface area contributed by atoms with Gasteiger partial charge in [0.1, 0.15) is 5.69 Å². The van der Waals surface area contributed by atoms with E-state index in [9.17, 15) is 0 Å². The summed E-state index contributed by atoms with van der Waals surface area (Å²) in [6.45, 7) is 1.78. The van der Waals surface area contributed by atoms with Crippen molar-refractivity contribution in [2.45, 2.75) is 13.0 Å². The van der Waals surface area contributed by atoms with Crippen molar-refractivity contribution < 1.29 is 4.52 Å². The van der Waals surface area contributed by atoms with Gasteiger partial charge in [0, 0.05) is 10.7 Å². The molecule has 2 N–H and O–H groups in total. The fraction of sp³-hybridized carbons (Fsp3) is 0.222. The molecule has 6 heteroatoms. The van der Waals surface area contributed by atoms with Gasteiger partial charge in [0.25, 0.3) is 0 Å². The Morgan fingerprint density at radius 1 is 1.47 bits per heavy atom. The quantitative estimate of drug-likeness (QED) is 0.901. The molecule has 2 aromatic heterocycles. The first-order valence-corrected chi connectivity index (χ1v) is 5.17. The average Bonchev–Trinajstić information content (AvgIpc) is 2.68. The van der Waals surface area contributed by atoms with Gasteiger partial charge in [0.2, 0.25) is 11.7 Å². The molecule has 0 aliphatic rings. The SMILES string of the molecule is CC(N)c1nc(-c2ccc(Br)cn2)no1. The molecule has 0 bridgehead atoms. The maximum Gasteiger partial charge on any atom is 0.243 e. The van der Waals surface area contributed by atoms with Crippen molar-refractivity contribution in [1.82, 2.24) is 15.1 Å². The van der Waals surface area contributed by atoms with E-state index in [-0.39, 0.29) is 6.04 Å². The van der Waals surface area contributed by atoms with Gasteiger partial charge in [-0.05, 0) is 35.0 Å². The second-order valence-electron chi connectivity index (χ2n) is 3.11. The summed E-state index contributed by atoms with van der Waals surface area (Å²) in [5.41, 5.74) is 6.27. The predicted molar refractivity (Wildman–Crippen MR) is 57.8 cm³/mol. The van der Waals surface area contributed by atoms with Crippen LogP contribution in [0.3, 0.4) is 0 Å². The van der Waals surface area contributed by atoms with Crippen LogP contribution < -0.4 is 5.73 Å². The third-order valence-corrected chi connectivity index (χ3v) is 2.26. The van der Waals surface area contributed by atoms with Crippen LogP contribution in [0.2, 0.25) is 0 Å². The smallest absolute Gasteiger partial charge is 0.243 e. The lowest BCUT2D eigenvalue weighted by molar-refractivity contribution is 0.362. The van der Waals surface area contributed by atoms with Crippen LogP contribution in [0, 0.1) is 0 Å². The molecule has 0 saturated carbocycles. The van der Waals surface area contributed by atoms with E-state index in [0.29, 0.717) is 17.4 Å². The zero-order valence-corrected chi connectivity index (χ0v) is 9.60. The third kappa shape index (κ3) is 2.21.